The van der Waals surface area contributed by atoms with E-state index in [1.807, 2.05) is 46.8 Å². The highest BCUT2D eigenvalue weighted by atomic mass is 35.5. The van der Waals surface area contributed by atoms with Gasteiger partial charge in [0.1, 0.15) is 5.88 Å². The lowest BCUT2D eigenvalue weighted by molar-refractivity contribution is -0.116. The van der Waals surface area contributed by atoms with Gasteiger partial charge >= 0.3 is 0 Å². The lowest BCUT2D eigenvalue weighted by atomic mass is 10.0. The molecule has 2 N–H and O–H groups in total. The second kappa shape index (κ2) is 14.9. The van der Waals surface area contributed by atoms with Gasteiger partial charge in [0.05, 0.1) is 18.3 Å². The van der Waals surface area contributed by atoms with Gasteiger partial charge in [-0.15, -0.1) is 11.6 Å². The van der Waals surface area contributed by atoms with Gasteiger partial charge < -0.3 is 20.3 Å². The average Bonchev–Trinajstić information content (AvgIpc) is 2.74. The van der Waals surface area contributed by atoms with E-state index < -0.39 is 0 Å². The Bertz CT molecular complexity index is 882. The van der Waals surface area contributed by atoms with E-state index >= 15 is 0 Å². The second-order valence-corrected chi connectivity index (χ2v) is 8.32. The van der Waals surface area contributed by atoms with Crippen LogP contribution >= 0.6 is 23.2 Å². The highest BCUT2D eigenvalue weighted by molar-refractivity contribution is 6.29. The van der Waals surface area contributed by atoms with Crippen molar-refractivity contribution in [1.82, 2.24) is 15.0 Å². The average molecular weight is 499 g/mol. The van der Waals surface area contributed by atoms with Gasteiger partial charge in [0.2, 0.25) is 23.1 Å². The van der Waals surface area contributed by atoms with E-state index in [0.29, 0.717) is 18.5 Å². The summed E-state index contributed by atoms with van der Waals surface area (Å²) in [6.07, 6.45) is 0.878. The Morgan fingerprint density at radius 2 is 1.82 bits per heavy atom. The van der Waals surface area contributed by atoms with Crippen LogP contribution in [0.25, 0.3) is 0 Å². The first-order chi connectivity index (χ1) is 15.7. The van der Waals surface area contributed by atoms with E-state index in [1.54, 1.807) is 12.0 Å². The quantitative estimate of drug-likeness (QED) is 0.448. The number of para-hydroxylation sites is 1. The van der Waals surface area contributed by atoms with Crippen molar-refractivity contribution in [3.8, 4) is 0 Å². The second-order valence-electron chi connectivity index (χ2n) is 7.72. The summed E-state index contributed by atoms with van der Waals surface area (Å²) in [6.45, 7) is 13.3. The van der Waals surface area contributed by atoms with Gasteiger partial charge in [0.15, 0.2) is 0 Å². The van der Waals surface area contributed by atoms with Gasteiger partial charge in [-0.3, -0.25) is 4.79 Å². The molecule has 1 aromatic heterocycles. The molecular weight excluding hydrogens is 463 g/mol. The summed E-state index contributed by atoms with van der Waals surface area (Å²) in [5.41, 5.74) is 3.21. The number of carbonyl (C=O) groups excluding carboxylic acids is 1. The standard InChI is InChI=1S/C15H22ClNO2.C8H14ClN5/c1-5-13-8-6-7-11(2)15(13)17(14(18)9-16)12(3)10-19-4;1-4-10-7-12-6(9)13-8(14-7)11-5(2)3/h6-8,12H,5,9-10H2,1-4H3;5H,4H2,1-3H3,(H2,10,11,12,13,14). The maximum Gasteiger partial charge on any atom is 0.242 e. The minimum Gasteiger partial charge on any atom is -0.383 e. The number of benzene rings is 1. The smallest absolute Gasteiger partial charge is 0.242 e. The van der Waals surface area contributed by atoms with Crippen molar-refractivity contribution in [2.24, 2.45) is 0 Å². The van der Waals surface area contributed by atoms with Gasteiger partial charge in [-0.1, -0.05) is 25.1 Å². The lowest BCUT2D eigenvalue weighted by Gasteiger charge is -2.31. The Hall–Kier alpha value is -2.16. The molecule has 0 radical (unpaired) electrons. The molecule has 0 aliphatic rings. The van der Waals surface area contributed by atoms with Crippen LogP contribution < -0.4 is 15.5 Å². The molecule has 0 aliphatic heterocycles. The van der Waals surface area contributed by atoms with Crippen LogP contribution in [0.1, 0.15) is 45.7 Å². The van der Waals surface area contributed by atoms with E-state index in [9.17, 15) is 4.79 Å². The molecule has 0 saturated carbocycles. The monoisotopic (exact) mass is 498 g/mol. The molecule has 2 aromatic rings. The summed E-state index contributed by atoms with van der Waals surface area (Å²) < 4.78 is 5.18. The summed E-state index contributed by atoms with van der Waals surface area (Å²) in [5.74, 6) is 0.882. The molecule has 8 nitrogen and oxygen atoms in total. The molecule has 1 amide bonds. The topological polar surface area (TPSA) is 92.3 Å². The highest BCUT2D eigenvalue weighted by Gasteiger charge is 2.24. The molecule has 1 atom stereocenters. The molecule has 0 bridgehead atoms. The number of alkyl halides is 1. The van der Waals surface area contributed by atoms with Crippen LogP contribution in [-0.4, -0.2) is 59.1 Å². The fraction of sp³-hybridized carbons (Fsp3) is 0.565. The maximum absolute atomic E-state index is 12.2. The zero-order valence-corrected chi connectivity index (χ0v) is 22.1. The molecule has 33 heavy (non-hydrogen) atoms. The minimum atomic E-state index is -0.0878. The number of halogens is 2. The predicted molar refractivity (Wildman–Crippen MR) is 138 cm³/mol. The fourth-order valence-electron chi connectivity index (χ4n) is 3.23. The number of ether oxygens (including phenoxy) is 1. The Labute approximate surface area is 207 Å². The van der Waals surface area contributed by atoms with Crippen molar-refractivity contribution in [3.05, 3.63) is 34.6 Å². The zero-order chi connectivity index (χ0) is 25.0. The maximum atomic E-state index is 12.2. The molecule has 2 rings (SSSR count). The first-order valence-corrected chi connectivity index (χ1v) is 12.0. The number of methoxy groups -OCH3 is 1. The van der Waals surface area contributed by atoms with Crippen molar-refractivity contribution in [3.63, 3.8) is 0 Å². The Kier molecular flexibility index (Phi) is 13.0. The number of hydrogen-bond donors (Lipinski definition) is 2. The van der Waals surface area contributed by atoms with Crippen LogP contribution in [-0.2, 0) is 16.0 Å². The molecule has 0 spiro atoms. The van der Waals surface area contributed by atoms with E-state index in [0.717, 1.165) is 29.8 Å². The van der Waals surface area contributed by atoms with Crippen LogP contribution in [0, 0.1) is 6.92 Å². The van der Waals surface area contributed by atoms with Gasteiger partial charge in [0.25, 0.3) is 0 Å². The number of rotatable bonds is 10. The summed E-state index contributed by atoms with van der Waals surface area (Å²) >= 11 is 11.5. The van der Waals surface area contributed by atoms with Gasteiger partial charge in [-0.05, 0) is 63.8 Å². The molecule has 184 valence electrons. The number of nitrogens with zero attached hydrogens (tertiary/aromatic N) is 4. The third-order valence-corrected chi connectivity index (χ3v) is 4.93. The fourth-order valence-corrected chi connectivity index (χ4v) is 3.52. The van der Waals surface area contributed by atoms with Crippen LogP contribution in [0.2, 0.25) is 5.28 Å². The number of anilines is 3. The number of amides is 1. The first-order valence-electron chi connectivity index (χ1n) is 11.1. The summed E-state index contributed by atoms with van der Waals surface area (Å²) in [6, 6.07) is 6.31. The van der Waals surface area contributed by atoms with E-state index in [2.05, 4.69) is 38.6 Å². The first kappa shape index (κ1) is 28.9. The number of nitrogens with one attached hydrogen (secondary N) is 2. The SMILES string of the molecule is CCNc1nc(Cl)nc(NC(C)C)n1.CCc1cccc(C)c1N(C(=O)CCl)C(C)COC. The van der Waals surface area contributed by atoms with Crippen LogP contribution in [0.5, 0.6) is 0 Å². The predicted octanol–water partition coefficient (Wildman–Crippen LogP) is 4.94. The number of aromatic nitrogens is 3. The normalized spacial score (nSPS) is 11.5. The van der Waals surface area contributed by atoms with Crippen molar-refractivity contribution in [2.45, 2.75) is 60.0 Å². The summed E-state index contributed by atoms with van der Waals surface area (Å²) in [7, 11) is 1.64. The van der Waals surface area contributed by atoms with Crippen LogP contribution in [0.3, 0.4) is 0 Å². The van der Waals surface area contributed by atoms with Gasteiger partial charge in [0, 0.05) is 19.7 Å². The molecule has 0 fully saturated rings. The zero-order valence-electron chi connectivity index (χ0n) is 20.6. The molecule has 0 aliphatic carbocycles. The molecular formula is C23H36Cl2N6O2. The largest absolute Gasteiger partial charge is 0.383 e. The number of aryl methyl sites for hydroxylation is 2. The van der Waals surface area contributed by atoms with Crippen molar-refractivity contribution in [2.75, 3.05) is 41.7 Å². The van der Waals surface area contributed by atoms with Crippen LogP contribution in [0.15, 0.2) is 18.2 Å². The molecule has 0 saturated heterocycles. The summed E-state index contributed by atoms with van der Waals surface area (Å²) in [4.78, 5) is 26.0. The highest BCUT2D eigenvalue weighted by Crippen LogP contribution is 2.28. The van der Waals surface area contributed by atoms with E-state index in [-0.39, 0.29) is 29.2 Å². The lowest BCUT2D eigenvalue weighted by Crippen LogP contribution is -2.43. The van der Waals surface area contributed by atoms with Crippen molar-refractivity contribution >= 4 is 46.7 Å². The summed E-state index contributed by atoms with van der Waals surface area (Å²) in [5, 5.41) is 6.23. The Morgan fingerprint density at radius 3 is 2.36 bits per heavy atom. The molecule has 1 unspecified atom stereocenters. The molecule has 1 heterocycles. The van der Waals surface area contributed by atoms with Crippen molar-refractivity contribution in [1.29, 1.82) is 0 Å². The van der Waals surface area contributed by atoms with Crippen LogP contribution in [0.4, 0.5) is 17.6 Å². The third kappa shape index (κ3) is 9.31. The van der Waals surface area contributed by atoms with Crippen molar-refractivity contribution < 1.29 is 9.53 Å². The Morgan fingerprint density at radius 1 is 1.15 bits per heavy atom. The minimum absolute atomic E-state index is 0.0223. The van der Waals surface area contributed by atoms with E-state index in [1.165, 1.54) is 0 Å². The van der Waals surface area contributed by atoms with Gasteiger partial charge in [-0.2, -0.15) is 15.0 Å². The molecule has 10 heteroatoms. The number of carbonyl (C=O) groups is 1. The Balaban J connectivity index is 0.000000346. The molecule has 1 aromatic carbocycles. The third-order valence-electron chi connectivity index (χ3n) is 4.54. The van der Waals surface area contributed by atoms with E-state index in [4.69, 9.17) is 27.9 Å². The number of hydrogen-bond acceptors (Lipinski definition) is 7. The van der Waals surface area contributed by atoms with Gasteiger partial charge in [-0.25, -0.2) is 0 Å².